The first-order valence-corrected chi connectivity index (χ1v) is 19.0. The van der Waals surface area contributed by atoms with Gasteiger partial charge in [-0.25, -0.2) is 4.79 Å². The number of aliphatic hydroxyl groups excluding tert-OH is 3. The molecule has 2 aromatic carbocycles. The molecule has 2 aromatic rings. The summed E-state index contributed by atoms with van der Waals surface area (Å²) in [4.78, 5) is 103. The van der Waals surface area contributed by atoms with Gasteiger partial charge < -0.3 is 68.5 Å². The SMILES string of the molecule is CC(C)C[C@H](NC(=O)[C@H](Cc1ccc(O)cc1)NC(=O)[C@@H](NC(=O)[C@H](C)N)[C@@H](C)O)C(=O)NCC(=O)N[C@@H](CO)C(=O)N[C@@H](CO)C(=O)N[C@@H](Cc1ccccc1)C(=O)O. The zero-order valence-corrected chi connectivity index (χ0v) is 33.7. The van der Waals surface area contributed by atoms with Gasteiger partial charge in [0.15, 0.2) is 0 Å². The van der Waals surface area contributed by atoms with Gasteiger partial charge in [-0.15, -0.1) is 0 Å². The summed E-state index contributed by atoms with van der Waals surface area (Å²) in [5, 5.41) is 65.5. The third kappa shape index (κ3) is 17.0. The van der Waals surface area contributed by atoms with E-state index in [-0.39, 0.29) is 30.9 Å². The number of carboxylic acids is 1. The maximum Gasteiger partial charge on any atom is 0.326 e. The predicted molar refractivity (Wildman–Crippen MR) is 213 cm³/mol. The molecule has 0 spiro atoms. The lowest BCUT2D eigenvalue weighted by atomic mass is 10.0. The van der Waals surface area contributed by atoms with Gasteiger partial charge in [0, 0.05) is 12.8 Å². The number of nitrogens with two attached hydrogens (primary N) is 1. The number of hydrogen-bond acceptors (Lipinski definition) is 13. The average molecular weight is 845 g/mol. The molecule has 14 N–H and O–H groups in total. The average Bonchev–Trinajstić information content (AvgIpc) is 3.19. The maximum absolute atomic E-state index is 13.8. The topological polar surface area (TPSA) is 348 Å². The summed E-state index contributed by atoms with van der Waals surface area (Å²) in [6, 6.07) is 4.06. The Balaban J connectivity index is 2.13. The van der Waals surface area contributed by atoms with E-state index in [1.54, 1.807) is 44.2 Å². The fraction of sp³-hybridized carbons (Fsp3) is 0.487. The molecule has 0 aromatic heterocycles. The van der Waals surface area contributed by atoms with E-state index in [4.69, 9.17) is 5.73 Å². The fourth-order valence-electron chi connectivity index (χ4n) is 5.52. The van der Waals surface area contributed by atoms with Crippen molar-refractivity contribution in [1.82, 2.24) is 37.2 Å². The zero-order chi connectivity index (χ0) is 45.1. The Bertz CT molecular complexity index is 1780. The number of phenolic OH excluding ortho intramolecular Hbond substituents is 1. The van der Waals surface area contributed by atoms with E-state index in [2.05, 4.69) is 37.2 Å². The molecule has 21 nitrogen and oxygen atoms in total. The first kappa shape index (κ1) is 50.0. The molecule has 0 saturated carbocycles. The second-order valence-electron chi connectivity index (χ2n) is 14.5. The summed E-state index contributed by atoms with van der Waals surface area (Å²) in [5.74, 6) is -8.20. The van der Waals surface area contributed by atoms with Crippen LogP contribution in [0.4, 0.5) is 0 Å². The van der Waals surface area contributed by atoms with E-state index in [1.165, 1.54) is 38.1 Å². The van der Waals surface area contributed by atoms with Gasteiger partial charge in [0.05, 0.1) is 31.9 Å². The minimum Gasteiger partial charge on any atom is -0.508 e. The van der Waals surface area contributed by atoms with Gasteiger partial charge in [0.2, 0.25) is 41.4 Å². The first-order chi connectivity index (χ1) is 28.2. The summed E-state index contributed by atoms with van der Waals surface area (Å²) >= 11 is 0. The van der Waals surface area contributed by atoms with Gasteiger partial charge in [-0.1, -0.05) is 56.3 Å². The van der Waals surface area contributed by atoms with Crippen molar-refractivity contribution >= 4 is 47.3 Å². The number of benzene rings is 2. The van der Waals surface area contributed by atoms with Crippen LogP contribution in [-0.2, 0) is 51.2 Å². The van der Waals surface area contributed by atoms with Crippen molar-refractivity contribution < 1.29 is 63.9 Å². The number of amides is 7. The van der Waals surface area contributed by atoms with Crippen LogP contribution in [0.15, 0.2) is 54.6 Å². The van der Waals surface area contributed by atoms with Crippen LogP contribution in [0.5, 0.6) is 5.75 Å². The van der Waals surface area contributed by atoms with Crippen molar-refractivity contribution in [2.45, 2.75) is 95.4 Å². The van der Waals surface area contributed by atoms with Gasteiger partial charge in [0.1, 0.15) is 42.0 Å². The molecule has 7 amide bonds. The second-order valence-corrected chi connectivity index (χ2v) is 14.5. The number of nitrogens with one attached hydrogen (secondary N) is 7. The highest BCUT2D eigenvalue weighted by atomic mass is 16.4. The molecule has 0 aliphatic rings. The second kappa shape index (κ2) is 24.7. The summed E-state index contributed by atoms with van der Waals surface area (Å²) in [5.41, 5.74) is 6.66. The number of rotatable bonds is 24. The molecule has 0 unspecified atom stereocenters. The Kier molecular flexibility index (Phi) is 20.6. The Morgan fingerprint density at radius 1 is 0.583 bits per heavy atom. The van der Waals surface area contributed by atoms with Gasteiger partial charge in [-0.3, -0.25) is 33.6 Å². The number of phenols is 1. The van der Waals surface area contributed by atoms with E-state index >= 15 is 0 Å². The Morgan fingerprint density at radius 3 is 1.58 bits per heavy atom. The van der Waals surface area contributed by atoms with Gasteiger partial charge in [-0.05, 0) is 49.4 Å². The molecular formula is C39H56N8O13. The van der Waals surface area contributed by atoms with Crippen molar-refractivity contribution in [3.8, 4) is 5.75 Å². The summed E-state index contributed by atoms with van der Waals surface area (Å²) in [6.07, 6.45) is -1.64. The molecular weight excluding hydrogens is 788 g/mol. The van der Waals surface area contributed by atoms with Crippen LogP contribution in [0.2, 0.25) is 0 Å². The molecule has 0 aliphatic heterocycles. The van der Waals surface area contributed by atoms with Crippen molar-refractivity contribution in [3.63, 3.8) is 0 Å². The lowest BCUT2D eigenvalue weighted by Gasteiger charge is -2.27. The number of aromatic hydroxyl groups is 1. The Morgan fingerprint density at radius 2 is 1.07 bits per heavy atom. The highest BCUT2D eigenvalue weighted by Gasteiger charge is 2.33. The van der Waals surface area contributed by atoms with Crippen LogP contribution in [0.3, 0.4) is 0 Å². The molecule has 0 saturated heterocycles. The number of carbonyl (C=O) groups excluding carboxylic acids is 7. The van der Waals surface area contributed by atoms with Crippen LogP contribution in [0.25, 0.3) is 0 Å². The summed E-state index contributed by atoms with van der Waals surface area (Å²) < 4.78 is 0. The highest BCUT2D eigenvalue weighted by molar-refractivity contribution is 5.97. The highest BCUT2D eigenvalue weighted by Crippen LogP contribution is 2.13. The van der Waals surface area contributed by atoms with E-state index in [9.17, 15) is 63.9 Å². The third-order valence-corrected chi connectivity index (χ3v) is 8.80. The fourth-order valence-corrected chi connectivity index (χ4v) is 5.52. The van der Waals surface area contributed by atoms with Crippen molar-refractivity contribution in [3.05, 3.63) is 65.7 Å². The van der Waals surface area contributed by atoms with Gasteiger partial charge in [0.25, 0.3) is 0 Å². The summed E-state index contributed by atoms with van der Waals surface area (Å²) in [6.45, 7) is 3.39. The van der Waals surface area contributed by atoms with Crippen LogP contribution >= 0.6 is 0 Å². The van der Waals surface area contributed by atoms with E-state index in [0.717, 1.165) is 0 Å². The lowest BCUT2D eigenvalue weighted by molar-refractivity contribution is -0.142. The quantitative estimate of drug-likeness (QED) is 0.0480. The van der Waals surface area contributed by atoms with Gasteiger partial charge in [-0.2, -0.15) is 0 Å². The maximum atomic E-state index is 13.8. The van der Waals surface area contributed by atoms with Crippen molar-refractivity contribution in [2.24, 2.45) is 11.7 Å². The van der Waals surface area contributed by atoms with E-state index in [0.29, 0.717) is 11.1 Å². The van der Waals surface area contributed by atoms with E-state index in [1.807, 2.05) is 0 Å². The van der Waals surface area contributed by atoms with Crippen LogP contribution < -0.4 is 43.0 Å². The largest absolute Gasteiger partial charge is 0.508 e. The van der Waals surface area contributed by atoms with E-state index < -0.39 is 115 Å². The molecule has 0 aliphatic carbocycles. The van der Waals surface area contributed by atoms with Crippen LogP contribution in [0, 0.1) is 5.92 Å². The molecule has 0 radical (unpaired) electrons. The number of carbonyl (C=O) groups is 8. The zero-order valence-electron chi connectivity index (χ0n) is 33.7. The third-order valence-electron chi connectivity index (χ3n) is 8.80. The van der Waals surface area contributed by atoms with Crippen molar-refractivity contribution in [2.75, 3.05) is 19.8 Å². The normalized spacial score (nSPS) is 15.0. The van der Waals surface area contributed by atoms with Crippen LogP contribution in [-0.4, -0.2) is 141 Å². The predicted octanol–water partition coefficient (Wildman–Crippen LogP) is -3.95. The minimum atomic E-state index is -1.69. The number of aliphatic hydroxyl groups is 3. The molecule has 2 rings (SSSR count). The smallest absolute Gasteiger partial charge is 0.326 e. The number of hydrogen-bond donors (Lipinski definition) is 13. The molecule has 21 heteroatoms. The van der Waals surface area contributed by atoms with Crippen LogP contribution in [0.1, 0.15) is 45.2 Å². The molecule has 0 fully saturated rings. The standard InChI is InChI=1S/C39H56N8O13/c1-20(2)14-26(43-35(55)27(15-24-10-12-25(51)13-11-24)44-38(58)32(22(4)50)47-33(53)21(3)40)34(54)41-17-31(52)42-29(18-48)36(56)46-30(19-49)37(57)45-28(39(59)60)16-23-8-6-5-7-9-23/h5-13,20-22,26-30,32,48-51H,14-19,40H2,1-4H3,(H,41,54)(H,42,52)(H,43,55)(H,44,58)(H,45,57)(H,46,56)(H,47,53)(H,59,60)/t21-,22+,26-,27-,28-,29-,30-,32-/m0/s1. The van der Waals surface area contributed by atoms with Crippen molar-refractivity contribution in [1.29, 1.82) is 0 Å². The molecule has 0 heterocycles. The first-order valence-electron chi connectivity index (χ1n) is 19.0. The molecule has 0 bridgehead atoms. The Labute approximate surface area is 346 Å². The molecule has 8 atom stereocenters. The lowest BCUT2D eigenvalue weighted by Crippen LogP contribution is -2.60. The Hall–Kier alpha value is -6.16. The van der Waals surface area contributed by atoms with Gasteiger partial charge >= 0.3 is 5.97 Å². The molecule has 330 valence electrons. The molecule has 60 heavy (non-hydrogen) atoms. The minimum absolute atomic E-state index is 0.0418. The number of carboxylic acid groups (broad SMARTS) is 1. The monoisotopic (exact) mass is 844 g/mol. The summed E-state index contributed by atoms with van der Waals surface area (Å²) in [7, 11) is 0. The number of aliphatic carboxylic acids is 1.